The van der Waals surface area contributed by atoms with Crippen LogP contribution in [0.3, 0.4) is 0 Å². The Hall–Kier alpha value is -2.04. The van der Waals surface area contributed by atoms with Gasteiger partial charge in [-0.3, -0.25) is 9.59 Å². The summed E-state index contributed by atoms with van der Waals surface area (Å²) in [7, 11) is 1.63. The minimum absolute atomic E-state index is 0.0558. The van der Waals surface area contributed by atoms with Crippen molar-refractivity contribution in [3.05, 3.63) is 29.8 Å². The van der Waals surface area contributed by atoms with E-state index in [1.807, 2.05) is 24.3 Å². The second-order valence-electron chi connectivity index (χ2n) is 7.05. The number of carbonyl (C=O) groups excluding carboxylic acids is 1. The van der Waals surface area contributed by atoms with Gasteiger partial charge in [-0.15, -0.1) is 0 Å². The van der Waals surface area contributed by atoms with Crippen molar-refractivity contribution >= 4 is 11.9 Å². The molecular weight excluding hydrogens is 306 g/mol. The van der Waals surface area contributed by atoms with E-state index in [4.69, 9.17) is 4.74 Å². The smallest absolute Gasteiger partial charge is 0.310 e. The number of aliphatic carboxylic acids is 1. The molecule has 0 spiro atoms. The van der Waals surface area contributed by atoms with E-state index in [1.54, 1.807) is 7.11 Å². The third-order valence-corrected chi connectivity index (χ3v) is 5.05. The Morgan fingerprint density at radius 1 is 1.29 bits per heavy atom. The molecule has 1 aromatic rings. The van der Waals surface area contributed by atoms with E-state index in [-0.39, 0.29) is 24.3 Å². The summed E-state index contributed by atoms with van der Waals surface area (Å²) < 4.78 is 5.38. The number of methoxy groups -OCH3 is 1. The molecule has 132 valence electrons. The standard InChI is InChI=1S/C19H27NO4/c1-13(2)15(11-14-7-4-5-8-16(14)24-3)20-17(21)12-19(18(22)23)9-6-10-19/h4-5,7-8,13,15H,6,9-12H2,1-3H3,(H,20,21)(H,22,23). The first-order chi connectivity index (χ1) is 11.4. The molecule has 5 nitrogen and oxygen atoms in total. The molecule has 1 amide bonds. The number of hydrogen-bond acceptors (Lipinski definition) is 3. The Balaban J connectivity index is 2.03. The maximum atomic E-state index is 12.4. The lowest BCUT2D eigenvalue weighted by molar-refractivity contribution is -0.157. The number of nitrogens with one attached hydrogen (secondary N) is 1. The fraction of sp³-hybridized carbons (Fsp3) is 0.579. The zero-order valence-corrected chi connectivity index (χ0v) is 14.7. The number of rotatable bonds is 8. The van der Waals surface area contributed by atoms with Crippen LogP contribution in [-0.4, -0.2) is 30.1 Å². The van der Waals surface area contributed by atoms with Gasteiger partial charge in [-0.05, 0) is 36.8 Å². The summed E-state index contributed by atoms with van der Waals surface area (Å²) in [6, 6.07) is 7.70. The van der Waals surface area contributed by atoms with E-state index in [1.165, 1.54) is 0 Å². The lowest BCUT2D eigenvalue weighted by Gasteiger charge is -2.37. The van der Waals surface area contributed by atoms with Gasteiger partial charge >= 0.3 is 5.97 Å². The van der Waals surface area contributed by atoms with E-state index < -0.39 is 11.4 Å². The van der Waals surface area contributed by atoms with Crippen molar-refractivity contribution in [3.63, 3.8) is 0 Å². The normalized spacial score (nSPS) is 17.0. The van der Waals surface area contributed by atoms with Crippen molar-refractivity contribution in [1.29, 1.82) is 0 Å². The molecule has 24 heavy (non-hydrogen) atoms. The molecule has 1 atom stereocenters. The summed E-state index contributed by atoms with van der Waals surface area (Å²) in [5, 5.41) is 12.4. The number of carbonyl (C=O) groups is 2. The van der Waals surface area contributed by atoms with Gasteiger partial charge in [-0.25, -0.2) is 0 Å². The van der Waals surface area contributed by atoms with Gasteiger partial charge in [0.15, 0.2) is 0 Å². The average molecular weight is 333 g/mol. The Labute approximate surface area is 143 Å². The highest BCUT2D eigenvalue weighted by atomic mass is 16.5. The zero-order valence-electron chi connectivity index (χ0n) is 14.7. The molecule has 1 aliphatic carbocycles. The number of amides is 1. The molecule has 2 rings (SSSR count). The van der Waals surface area contributed by atoms with Crippen LogP contribution in [0.15, 0.2) is 24.3 Å². The molecule has 0 radical (unpaired) electrons. The number of benzene rings is 1. The predicted molar refractivity (Wildman–Crippen MR) is 92.0 cm³/mol. The van der Waals surface area contributed by atoms with Crippen LogP contribution in [0.2, 0.25) is 0 Å². The number of ether oxygens (including phenoxy) is 1. The van der Waals surface area contributed by atoms with Crippen LogP contribution < -0.4 is 10.1 Å². The van der Waals surface area contributed by atoms with Crippen LogP contribution in [0.1, 0.15) is 45.1 Å². The monoisotopic (exact) mass is 333 g/mol. The zero-order chi connectivity index (χ0) is 17.7. The molecule has 1 aromatic carbocycles. The van der Waals surface area contributed by atoms with Crippen molar-refractivity contribution in [2.45, 2.75) is 52.0 Å². The van der Waals surface area contributed by atoms with E-state index in [0.29, 0.717) is 19.3 Å². The van der Waals surface area contributed by atoms with Crippen molar-refractivity contribution in [1.82, 2.24) is 5.32 Å². The third-order valence-electron chi connectivity index (χ3n) is 5.05. The van der Waals surface area contributed by atoms with E-state index in [0.717, 1.165) is 17.7 Å². The Bertz CT molecular complexity index is 593. The second-order valence-corrected chi connectivity index (χ2v) is 7.05. The summed E-state index contributed by atoms with van der Waals surface area (Å²) in [5.74, 6) is 0.0138. The molecule has 5 heteroatoms. The molecule has 1 aliphatic rings. The maximum Gasteiger partial charge on any atom is 0.310 e. The molecule has 0 heterocycles. The molecule has 1 fully saturated rings. The van der Waals surface area contributed by atoms with Gasteiger partial charge in [0.25, 0.3) is 0 Å². The molecule has 2 N–H and O–H groups in total. The SMILES string of the molecule is COc1ccccc1CC(NC(=O)CC1(C(=O)O)CCC1)C(C)C. The first-order valence-corrected chi connectivity index (χ1v) is 8.52. The van der Waals surface area contributed by atoms with Gasteiger partial charge in [0.2, 0.25) is 5.91 Å². The van der Waals surface area contributed by atoms with Crippen LogP contribution in [0, 0.1) is 11.3 Å². The number of carboxylic acids is 1. The lowest BCUT2D eigenvalue weighted by Crippen LogP contribution is -2.46. The first-order valence-electron chi connectivity index (χ1n) is 8.52. The topological polar surface area (TPSA) is 75.6 Å². The molecule has 0 saturated heterocycles. The molecule has 1 unspecified atom stereocenters. The van der Waals surface area contributed by atoms with Crippen molar-refractivity contribution in [2.24, 2.45) is 11.3 Å². The average Bonchev–Trinajstić information content (AvgIpc) is 2.50. The maximum absolute atomic E-state index is 12.4. The van der Waals surface area contributed by atoms with Crippen molar-refractivity contribution in [3.8, 4) is 5.75 Å². The highest BCUT2D eigenvalue weighted by Gasteiger charge is 2.46. The van der Waals surface area contributed by atoms with E-state index in [9.17, 15) is 14.7 Å². The fourth-order valence-corrected chi connectivity index (χ4v) is 3.20. The second kappa shape index (κ2) is 7.69. The molecule has 0 aliphatic heterocycles. The van der Waals surface area contributed by atoms with Crippen LogP contribution in [0.4, 0.5) is 0 Å². The van der Waals surface area contributed by atoms with Gasteiger partial charge in [0.1, 0.15) is 5.75 Å². The molecule has 0 aromatic heterocycles. The lowest BCUT2D eigenvalue weighted by atomic mass is 9.66. The van der Waals surface area contributed by atoms with Gasteiger partial charge < -0.3 is 15.2 Å². The van der Waals surface area contributed by atoms with Gasteiger partial charge in [0.05, 0.1) is 12.5 Å². The molecular formula is C19H27NO4. The fourth-order valence-electron chi connectivity index (χ4n) is 3.20. The van der Waals surface area contributed by atoms with Gasteiger partial charge in [0, 0.05) is 12.5 Å². The molecule has 0 bridgehead atoms. The van der Waals surface area contributed by atoms with Gasteiger partial charge in [-0.2, -0.15) is 0 Å². The number of para-hydroxylation sites is 1. The Kier molecular flexibility index (Phi) is 5.86. The van der Waals surface area contributed by atoms with Crippen molar-refractivity contribution in [2.75, 3.05) is 7.11 Å². The van der Waals surface area contributed by atoms with Gasteiger partial charge in [-0.1, -0.05) is 38.5 Å². The van der Waals surface area contributed by atoms with E-state index in [2.05, 4.69) is 19.2 Å². The third kappa shape index (κ3) is 4.08. The highest BCUT2D eigenvalue weighted by Crippen LogP contribution is 2.44. The summed E-state index contributed by atoms with van der Waals surface area (Å²) >= 11 is 0. The summed E-state index contributed by atoms with van der Waals surface area (Å²) in [4.78, 5) is 23.8. The summed E-state index contributed by atoms with van der Waals surface area (Å²) in [5.41, 5.74) is 0.186. The predicted octanol–water partition coefficient (Wildman–Crippen LogP) is 3.02. The van der Waals surface area contributed by atoms with Crippen LogP contribution in [0.5, 0.6) is 5.75 Å². The van der Waals surface area contributed by atoms with Crippen molar-refractivity contribution < 1.29 is 19.4 Å². The number of carboxylic acid groups (broad SMARTS) is 1. The van der Waals surface area contributed by atoms with Crippen LogP contribution in [-0.2, 0) is 16.0 Å². The molecule has 1 saturated carbocycles. The quantitative estimate of drug-likeness (QED) is 0.767. The van der Waals surface area contributed by atoms with E-state index >= 15 is 0 Å². The Morgan fingerprint density at radius 3 is 2.46 bits per heavy atom. The highest BCUT2D eigenvalue weighted by molar-refractivity contribution is 5.85. The Morgan fingerprint density at radius 2 is 1.96 bits per heavy atom. The van der Waals surface area contributed by atoms with Crippen LogP contribution >= 0.6 is 0 Å². The summed E-state index contributed by atoms with van der Waals surface area (Å²) in [6.07, 6.45) is 2.79. The van der Waals surface area contributed by atoms with Crippen LogP contribution in [0.25, 0.3) is 0 Å². The summed E-state index contributed by atoms with van der Waals surface area (Å²) in [6.45, 7) is 4.10. The minimum atomic E-state index is -0.852. The first kappa shape index (κ1) is 18.3. The largest absolute Gasteiger partial charge is 0.496 e. The number of hydrogen-bond donors (Lipinski definition) is 2. The minimum Gasteiger partial charge on any atom is -0.496 e.